The van der Waals surface area contributed by atoms with Crippen molar-refractivity contribution in [3.8, 4) is 0 Å². The molecule has 1 aromatic carbocycles. The van der Waals surface area contributed by atoms with Crippen LogP contribution in [0.5, 0.6) is 0 Å². The van der Waals surface area contributed by atoms with Gasteiger partial charge in [0.05, 0.1) is 0 Å². The molecule has 0 atom stereocenters. The summed E-state index contributed by atoms with van der Waals surface area (Å²) in [5.74, 6) is 0. The summed E-state index contributed by atoms with van der Waals surface area (Å²) < 4.78 is 5.42. The molecule has 1 fully saturated rings. The summed E-state index contributed by atoms with van der Waals surface area (Å²) in [6.07, 6.45) is 2.22. The van der Waals surface area contributed by atoms with Crippen molar-refractivity contribution < 1.29 is 4.74 Å². The largest absolute Gasteiger partial charge is 0.381 e. The smallest absolute Gasteiger partial charge is 0.0483 e. The molecule has 94 valence electrons. The molecule has 0 aliphatic carbocycles. The lowest BCUT2D eigenvalue weighted by molar-refractivity contribution is 0.0446. The van der Waals surface area contributed by atoms with E-state index in [1.807, 2.05) is 0 Å². The zero-order chi connectivity index (χ0) is 12.3. The van der Waals surface area contributed by atoms with Crippen LogP contribution < -0.4 is 5.32 Å². The fourth-order valence-corrected chi connectivity index (χ4v) is 2.49. The SMILES string of the molecule is Cc1cc(C)cc(CNC2(C)CCOCC2)c1. The lowest BCUT2D eigenvalue weighted by Crippen LogP contribution is -2.46. The molecular formula is C15H23NO. The molecule has 2 rings (SSSR count). The number of benzene rings is 1. The Morgan fingerprint density at radius 2 is 1.71 bits per heavy atom. The molecule has 1 aliphatic rings. The molecule has 1 N–H and O–H groups in total. The Bertz CT molecular complexity index is 360. The minimum atomic E-state index is 0.246. The molecule has 0 unspecified atom stereocenters. The number of aryl methyl sites for hydroxylation is 2. The number of nitrogens with one attached hydrogen (secondary N) is 1. The van der Waals surface area contributed by atoms with E-state index in [2.05, 4.69) is 44.3 Å². The number of hydrogen-bond acceptors (Lipinski definition) is 2. The monoisotopic (exact) mass is 233 g/mol. The fraction of sp³-hybridized carbons (Fsp3) is 0.600. The van der Waals surface area contributed by atoms with Gasteiger partial charge in [0.15, 0.2) is 0 Å². The molecular weight excluding hydrogens is 210 g/mol. The van der Waals surface area contributed by atoms with Crippen LogP contribution in [0.4, 0.5) is 0 Å². The van der Waals surface area contributed by atoms with Gasteiger partial charge in [0.2, 0.25) is 0 Å². The molecule has 1 heterocycles. The van der Waals surface area contributed by atoms with E-state index in [4.69, 9.17) is 4.74 Å². The van der Waals surface area contributed by atoms with Gasteiger partial charge in [-0.15, -0.1) is 0 Å². The van der Waals surface area contributed by atoms with Crippen molar-refractivity contribution in [1.29, 1.82) is 0 Å². The molecule has 0 aromatic heterocycles. The summed E-state index contributed by atoms with van der Waals surface area (Å²) in [5.41, 5.74) is 4.32. The third-order valence-corrected chi connectivity index (χ3v) is 3.60. The van der Waals surface area contributed by atoms with Crippen molar-refractivity contribution in [2.45, 2.75) is 45.7 Å². The first-order valence-electron chi connectivity index (χ1n) is 6.47. The highest BCUT2D eigenvalue weighted by molar-refractivity contribution is 5.28. The third-order valence-electron chi connectivity index (χ3n) is 3.60. The van der Waals surface area contributed by atoms with Gasteiger partial charge in [0.25, 0.3) is 0 Å². The first-order valence-corrected chi connectivity index (χ1v) is 6.47. The normalized spacial score (nSPS) is 19.2. The molecule has 0 spiro atoms. The van der Waals surface area contributed by atoms with Crippen molar-refractivity contribution in [3.05, 3.63) is 34.9 Å². The fourth-order valence-electron chi connectivity index (χ4n) is 2.49. The van der Waals surface area contributed by atoms with Gasteiger partial charge in [-0.1, -0.05) is 29.3 Å². The van der Waals surface area contributed by atoms with Crippen molar-refractivity contribution >= 4 is 0 Å². The van der Waals surface area contributed by atoms with Gasteiger partial charge in [-0.25, -0.2) is 0 Å². The van der Waals surface area contributed by atoms with Gasteiger partial charge in [0, 0.05) is 25.3 Å². The van der Waals surface area contributed by atoms with E-state index in [0.717, 1.165) is 32.6 Å². The van der Waals surface area contributed by atoms with E-state index in [1.54, 1.807) is 0 Å². The summed E-state index contributed by atoms with van der Waals surface area (Å²) in [6.45, 7) is 9.35. The maximum atomic E-state index is 5.42. The summed E-state index contributed by atoms with van der Waals surface area (Å²) in [5, 5.41) is 3.69. The van der Waals surface area contributed by atoms with Gasteiger partial charge >= 0.3 is 0 Å². The Kier molecular flexibility index (Phi) is 3.85. The highest BCUT2D eigenvalue weighted by Gasteiger charge is 2.26. The molecule has 17 heavy (non-hydrogen) atoms. The lowest BCUT2D eigenvalue weighted by atomic mass is 9.92. The van der Waals surface area contributed by atoms with Crippen LogP contribution in [0.2, 0.25) is 0 Å². The number of ether oxygens (including phenoxy) is 1. The number of hydrogen-bond donors (Lipinski definition) is 1. The molecule has 2 nitrogen and oxygen atoms in total. The summed E-state index contributed by atoms with van der Waals surface area (Å²) in [7, 11) is 0. The highest BCUT2D eigenvalue weighted by Crippen LogP contribution is 2.20. The van der Waals surface area contributed by atoms with Crippen LogP contribution in [0.3, 0.4) is 0 Å². The van der Waals surface area contributed by atoms with Crippen LogP contribution in [0.1, 0.15) is 36.5 Å². The average Bonchev–Trinajstić information content (AvgIpc) is 2.26. The molecule has 2 heteroatoms. The average molecular weight is 233 g/mol. The molecule has 0 bridgehead atoms. The molecule has 0 radical (unpaired) electrons. The highest BCUT2D eigenvalue weighted by atomic mass is 16.5. The quantitative estimate of drug-likeness (QED) is 0.866. The van der Waals surface area contributed by atoms with Crippen molar-refractivity contribution in [2.75, 3.05) is 13.2 Å². The second kappa shape index (κ2) is 5.19. The summed E-state index contributed by atoms with van der Waals surface area (Å²) >= 11 is 0. The molecule has 1 aliphatic heterocycles. The Hall–Kier alpha value is -0.860. The van der Waals surface area contributed by atoms with Crippen molar-refractivity contribution in [2.24, 2.45) is 0 Å². The maximum absolute atomic E-state index is 5.42. The van der Waals surface area contributed by atoms with Gasteiger partial charge in [-0.05, 0) is 39.2 Å². The predicted molar refractivity (Wildman–Crippen MR) is 71.2 cm³/mol. The topological polar surface area (TPSA) is 21.3 Å². The second-order valence-electron chi connectivity index (χ2n) is 5.52. The zero-order valence-corrected chi connectivity index (χ0v) is 11.2. The lowest BCUT2D eigenvalue weighted by Gasteiger charge is -2.34. The van der Waals surface area contributed by atoms with Gasteiger partial charge in [0.1, 0.15) is 0 Å². The number of rotatable bonds is 3. The predicted octanol–water partition coefficient (Wildman–Crippen LogP) is 2.96. The molecule has 1 saturated heterocycles. The molecule has 0 amide bonds. The Morgan fingerprint density at radius 3 is 2.29 bits per heavy atom. The third kappa shape index (κ3) is 3.55. The van der Waals surface area contributed by atoms with Gasteiger partial charge in [-0.2, -0.15) is 0 Å². The van der Waals surface area contributed by atoms with Crippen LogP contribution in [0.15, 0.2) is 18.2 Å². The first-order chi connectivity index (χ1) is 8.07. The zero-order valence-electron chi connectivity index (χ0n) is 11.2. The van der Waals surface area contributed by atoms with E-state index >= 15 is 0 Å². The van der Waals surface area contributed by atoms with E-state index in [9.17, 15) is 0 Å². The Balaban J connectivity index is 1.96. The van der Waals surface area contributed by atoms with E-state index in [-0.39, 0.29) is 5.54 Å². The van der Waals surface area contributed by atoms with Crippen LogP contribution in [0, 0.1) is 13.8 Å². The molecule has 0 saturated carbocycles. The van der Waals surface area contributed by atoms with Crippen molar-refractivity contribution in [1.82, 2.24) is 5.32 Å². The van der Waals surface area contributed by atoms with Gasteiger partial charge < -0.3 is 10.1 Å². The van der Waals surface area contributed by atoms with E-state index < -0.39 is 0 Å². The maximum Gasteiger partial charge on any atom is 0.0483 e. The van der Waals surface area contributed by atoms with Crippen molar-refractivity contribution in [3.63, 3.8) is 0 Å². The van der Waals surface area contributed by atoms with E-state index in [1.165, 1.54) is 16.7 Å². The first kappa shape index (κ1) is 12.6. The van der Waals surface area contributed by atoms with Crippen LogP contribution in [0.25, 0.3) is 0 Å². The van der Waals surface area contributed by atoms with Crippen LogP contribution >= 0.6 is 0 Å². The minimum absolute atomic E-state index is 0.246. The standard InChI is InChI=1S/C15H23NO/c1-12-8-13(2)10-14(9-12)11-16-15(3)4-6-17-7-5-15/h8-10,16H,4-7,11H2,1-3H3. The summed E-state index contributed by atoms with van der Waals surface area (Å²) in [4.78, 5) is 0. The van der Waals surface area contributed by atoms with Gasteiger partial charge in [-0.3, -0.25) is 0 Å². The second-order valence-corrected chi connectivity index (χ2v) is 5.52. The Morgan fingerprint density at radius 1 is 1.12 bits per heavy atom. The minimum Gasteiger partial charge on any atom is -0.381 e. The molecule has 1 aromatic rings. The Labute approximate surface area is 104 Å². The summed E-state index contributed by atoms with van der Waals surface area (Å²) in [6, 6.07) is 6.75. The van der Waals surface area contributed by atoms with E-state index in [0.29, 0.717) is 0 Å². The van der Waals surface area contributed by atoms with Crippen LogP contribution in [-0.4, -0.2) is 18.8 Å². The van der Waals surface area contributed by atoms with Crippen LogP contribution in [-0.2, 0) is 11.3 Å².